The second-order valence-electron chi connectivity index (χ2n) is 4.35. The van der Waals surface area contributed by atoms with E-state index in [4.69, 9.17) is 15.4 Å². The maximum atomic E-state index is 9.07. The first-order chi connectivity index (χ1) is 9.19. The maximum Gasteiger partial charge on any atom is 0.201 e. The van der Waals surface area contributed by atoms with Crippen molar-refractivity contribution in [1.29, 1.82) is 5.26 Å². The number of furan rings is 1. The lowest BCUT2D eigenvalue weighted by Crippen LogP contribution is -2.03. The second kappa shape index (κ2) is 4.18. The van der Waals surface area contributed by atoms with Crippen LogP contribution in [0.15, 0.2) is 34.7 Å². The van der Waals surface area contributed by atoms with Crippen molar-refractivity contribution in [2.75, 3.05) is 5.73 Å². The predicted octanol–water partition coefficient (Wildman–Crippen LogP) is 2.44. The van der Waals surface area contributed by atoms with E-state index in [0.717, 1.165) is 17.0 Å². The van der Waals surface area contributed by atoms with Crippen LogP contribution in [0.2, 0.25) is 0 Å². The molecule has 94 valence electrons. The quantitative estimate of drug-likeness (QED) is 0.759. The van der Waals surface area contributed by atoms with Crippen LogP contribution in [0.5, 0.6) is 0 Å². The van der Waals surface area contributed by atoms with Gasteiger partial charge in [-0.1, -0.05) is 6.07 Å². The van der Waals surface area contributed by atoms with Crippen LogP contribution >= 0.6 is 0 Å². The van der Waals surface area contributed by atoms with Gasteiger partial charge in [0, 0.05) is 0 Å². The SMILES string of the molecule is Cc1ccc(Cn2c(N)nc3c(C#N)cccc32)o1. The number of para-hydroxylation sites is 1. The Hall–Kier alpha value is -2.74. The van der Waals surface area contributed by atoms with Crippen LogP contribution in [0.4, 0.5) is 5.95 Å². The van der Waals surface area contributed by atoms with Gasteiger partial charge < -0.3 is 14.7 Å². The molecule has 0 unspecified atom stereocenters. The Balaban J connectivity index is 2.14. The summed E-state index contributed by atoms with van der Waals surface area (Å²) in [5.74, 6) is 2.05. The molecule has 0 aliphatic carbocycles. The van der Waals surface area contributed by atoms with Crippen molar-refractivity contribution < 1.29 is 4.42 Å². The van der Waals surface area contributed by atoms with E-state index < -0.39 is 0 Å². The smallest absolute Gasteiger partial charge is 0.201 e. The third kappa shape index (κ3) is 1.83. The minimum Gasteiger partial charge on any atom is -0.464 e. The number of rotatable bonds is 2. The van der Waals surface area contributed by atoms with Crippen molar-refractivity contribution >= 4 is 17.0 Å². The van der Waals surface area contributed by atoms with Crippen molar-refractivity contribution in [3.63, 3.8) is 0 Å². The molecule has 2 aromatic heterocycles. The number of benzene rings is 1. The molecule has 5 nitrogen and oxygen atoms in total. The summed E-state index contributed by atoms with van der Waals surface area (Å²) in [4.78, 5) is 4.26. The number of fused-ring (bicyclic) bond motifs is 1. The van der Waals surface area contributed by atoms with Crippen molar-refractivity contribution in [1.82, 2.24) is 9.55 Å². The summed E-state index contributed by atoms with van der Waals surface area (Å²) in [7, 11) is 0. The van der Waals surface area contributed by atoms with Crippen LogP contribution in [0.3, 0.4) is 0 Å². The third-order valence-corrected chi connectivity index (χ3v) is 3.04. The van der Waals surface area contributed by atoms with E-state index in [9.17, 15) is 0 Å². The molecule has 0 amide bonds. The van der Waals surface area contributed by atoms with Gasteiger partial charge in [0.2, 0.25) is 5.95 Å². The molecule has 0 aliphatic rings. The monoisotopic (exact) mass is 252 g/mol. The van der Waals surface area contributed by atoms with Gasteiger partial charge in [-0.25, -0.2) is 4.98 Å². The molecule has 2 N–H and O–H groups in total. The highest BCUT2D eigenvalue weighted by molar-refractivity contribution is 5.84. The molecule has 2 heterocycles. The minimum absolute atomic E-state index is 0.381. The topological polar surface area (TPSA) is 80.8 Å². The Kier molecular flexibility index (Phi) is 2.50. The zero-order chi connectivity index (χ0) is 13.4. The number of nitrogens with two attached hydrogens (primary N) is 1. The zero-order valence-corrected chi connectivity index (χ0v) is 10.4. The fourth-order valence-corrected chi connectivity index (χ4v) is 2.15. The molecule has 3 aromatic rings. The van der Waals surface area contributed by atoms with Crippen LogP contribution in [0, 0.1) is 18.3 Å². The van der Waals surface area contributed by atoms with Crippen LogP contribution in [0.25, 0.3) is 11.0 Å². The number of nitrogen functional groups attached to an aromatic ring is 1. The van der Waals surface area contributed by atoms with Crippen molar-refractivity contribution in [3.05, 3.63) is 47.4 Å². The Bertz CT molecular complexity index is 791. The fraction of sp³-hybridized carbons (Fsp3) is 0.143. The summed E-state index contributed by atoms with van der Waals surface area (Å²) in [5.41, 5.74) is 7.93. The molecule has 3 rings (SSSR count). The normalized spacial score (nSPS) is 10.7. The van der Waals surface area contributed by atoms with Gasteiger partial charge in [0.05, 0.1) is 17.6 Å². The van der Waals surface area contributed by atoms with Crippen LogP contribution in [0.1, 0.15) is 17.1 Å². The Labute approximate surface area is 109 Å². The van der Waals surface area contributed by atoms with Crippen LogP contribution in [-0.4, -0.2) is 9.55 Å². The standard InChI is InChI=1S/C14H12N4O/c1-9-5-6-11(19-9)8-18-12-4-2-3-10(7-15)13(12)17-14(18)16/h2-6H,8H2,1H3,(H2,16,17). The number of hydrogen-bond acceptors (Lipinski definition) is 4. The van der Waals surface area contributed by atoms with Crippen molar-refractivity contribution in [3.8, 4) is 6.07 Å². The van der Waals surface area contributed by atoms with Crippen LogP contribution in [-0.2, 0) is 6.54 Å². The highest BCUT2D eigenvalue weighted by Crippen LogP contribution is 2.22. The van der Waals surface area contributed by atoms with Crippen LogP contribution < -0.4 is 5.73 Å². The van der Waals surface area contributed by atoms with Gasteiger partial charge in [-0.3, -0.25) is 0 Å². The molecule has 0 atom stereocenters. The van der Waals surface area contributed by atoms with Crippen molar-refractivity contribution in [2.45, 2.75) is 13.5 Å². The van der Waals surface area contributed by atoms with Crippen molar-refractivity contribution in [2.24, 2.45) is 0 Å². The summed E-state index contributed by atoms with van der Waals surface area (Å²) < 4.78 is 7.39. The highest BCUT2D eigenvalue weighted by Gasteiger charge is 2.12. The van der Waals surface area contributed by atoms with E-state index in [1.165, 1.54) is 0 Å². The van der Waals surface area contributed by atoms with E-state index in [-0.39, 0.29) is 0 Å². The lowest BCUT2D eigenvalue weighted by Gasteiger charge is -2.03. The molecule has 0 fully saturated rings. The van der Waals surface area contributed by atoms with E-state index >= 15 is 0 Å². The second-order valence-corrected chi connectivity index (χ2v) is 4.35. The number of aromatic nitrogens is 2. The molecule has 1 aromatic carbocycles. The van der Waals surface area contributed by atoms with E-state index in [0.29, 0.717) is 23.6 Å². The summed E-state index contributed by atoms with van der Waals surface area (Å²) in [6.45, 7) is 2.40. The fourth-order valence-electron chi connectivity index (χ4n) is 2.15. The van der Waals surface area contributed by atoms with Gasteiger partial charge in [0.1, 0.15) is 23.1 Å². The largest absolute Gasteiger partial charge is 0.464 e. The molecular formula is C14H12N4O. The minimum atomic E-state index is 0.381. The zero-order valence-electron chi connectivity index (χ0n) is 10.4. The third-order valence-electron chi connectivity index (χ3n) is 3.04. The van der Waals surface area contributed by atoms with Gasteiger partial charge in [-0.05, 0) is 31.2 Å². The number of imidazole rings is 1. The van der Waals surface area contributed by atoms with Gasteiger partial charge in [0.25, 0.3) is 0 Å². The molecule has 0 spiro atoms. The molecule has 0 aliphatic heterocycles. The Morgan fingerprint density at radius 1 is 1.37 bits per heavy atom. The van der Waals surface area contributed by atoms with Gasteiger partial charge in [-0.2, -0.15) is 5.26 Å². The lowest BCUT2D eigenvalue weighted by atomic mass is 10.2. The average molecular weight is 252 g/mol. The number of nitrogens with zero attached hydrogens (tertiary/aromatic N) is 3. The maximum absolute atomic E-state index is 9.07. The van der Waals surface area contributed by atoms with Gasteiger partial charge in [-0.15, -0.1) is 0 Å². The first kappa shape index (κ1) is 11.4. The van der Waals surface area contributed by atoms with E-state index in [1.54, 1.807) is 6.07 Å². The number of hydrogen-bond donors (Lipinski definition) is 1. The molecule has 19 heavy (non-hydrogen) atoms. The lowest BCUT2D eigenvalue weighted by molar-refractivity contribution is 0.473. The van der Waals surface area contributed by atoms with Gasteiger partial charge >= 0.3 is 0 Å². The highest BCUT2D eigenvalue weighted by atomic mass is 16.3. The molecule has 0 saturated carbocycles. The molecule has 0 saturated heterocycles. The Morgan fingerprint density at radius 2 is 2.21 bits per heavy atom. The summed E-state index contributed by atoms with van der Waals surface area (Å²) in [6, 6.07) is 11.4. The predicted molar refractivity (Wildman–Crippen MR) is 71.4 cm³/mol. The number of aryl methyl sites for hydroxylation is 1. The van der Waals surface area contributed by atoms with E-state index in [1.807, 2.05) is 35.8 Å². The molecule has 0 radical (unpaired) electrons. The first-order valence-corrected chi connectivity index (χ1v) is 5.89. The summed E-state index contributed by atoms with van der Waals surface area (Å²) in [5, 5.41) is 9.07. The molecular weight excluding hydrogens is 240 g/mol. The summed E-state index contributed by atoms with van der Waals surface area (Å²) in [6.07, 6.45) is 0. The summed E-state index contributed by atoms with van der Waals surface area (Å²) >= 11 is 0. The van der Waals surface area contributed by atoms with E-state index in [2.05, 4.69) is 11.1 Å². The number of nitriles is 1. The Morgan fingerprint density at radius 3 is 2.89 bits per heavy atom. The molecule has 5 heteroatoms. The number of anilines is 1. The van der Waals surface area contributed by atoms with Gasteiger partial charge in [0.15, 0.2) is 0 Å². The first-order valence-electron chi connectivity index (χ1n) is 5.89. The average Bonchev–Trinajstić information content (AvgIpc) is 2.94. The molecule has 0 bridgehead atoms.